The molecule has 7 heteroatoms. The largest absolute Gasteiger partial charge is 0.461 e. The van der Waals surface area contributed by atoms with Crippen molar-refractivity contribution in [3.63, 3.8) is 0 Å². The predicted octanol–water partition coefficient (Wildman–Crippen LogP) is 3.20. The number of nitrogens with one attached hydrogen (secondary N) is 1. The van der Waals surface area contributed by atoms with E-state index in [0.717, 1.165) is 11.4 Å². The first-order valence-electron chi connectivity index (χ1n) is 6.73. The molecule has 0 saturated heterocycles. The Morgan fingerprint density at radius 2 is 2.33 bits per heavy atom. The second-order valence-electron chi connectivity index (χ2n) is 4.87. The van der Waals surface area contributed by atoms with Gasteiger partial charge in [0.25, 0.3) is 0 Å². The lowest BCUT2D eigenvalue weighted by Crippen LogP contribution is -2.38. The van der Waals surface area contributed by atoms with Gasteiger partial charge in [0.05, 0.1) is 18.3 Å². The normalized spacial score (nSPS) is 14.2. The van der Waals surface area contributed by atoms with Gasteiger partial charge in [-0.05, 0) is 25.5 Å². The molecule has 3 aromatic rings. The summed E-state index contributed by atoms with van der Waals surface area (Å²) in [5.41, 5.74) is -0.201. The lowest BCUT2D eigenvalue weighted by molar-refractivity contribution is 0.305. The quantitative estimate of drug-likeness (QED) is 0.753. The van der Waals surface area contributed by atoms with Crippen molar-refractivity contribution in [1.29, 1.82) is 0 Å². The van der Waals surface area contributed by atoms with E-state index in [4.69, 9.17) is 8.94 Å². The van der Waals surface area contributed by atoms with Gasteiger partial charge >= 0.3 is 0 Å². The second-order valence-corrected chi connectivity index (χ2v) is 5.76. The van der Waals surface area contributed by atoms with Gasteiger partial charge < -0.3 is 8.94 Å². The van der Waals surface area contributed by atoms with Crippen LogP contribution in [0.1, 0.15) is 31.2 Å². The van der Waals surface area contributed by atoms with Crippen LogP contribution in [0.25, 0.3) is 11.6 Å². The Kier molecular flexibility index (Phi) is 3.85. The van der Waals surface area contributed by atoms with E-state index in [1.165, 1.54) is 0 Å². The third kappa shape index (κ3) is 2.88. The molecule has 0 amide bonds. The van der Waals surface area contributed by atoms with Gasteiger partial charge in [-0.3, -0.25) is 5.32 Å². The monoisotopic (exact) mass is 304 g/mol. The average Bonchev–Trinajstić information content (AvgIpc) is 3.26. The van der Waals surface area contributed by atoms with Gasteiger partial charge in [-0.25, -0.2) is 4.98 Å². The predicted molar refractivity (Wildman–Crippen MR) is 78.6 cm³/mol. The molecule has 3 aromatic heterocycles. The summed E-state index contributed by atoms with van der Waals surface area (Å²) in [6, 6.07) is 3.59. The molecule has 0 radical (unpaired) electrons. The van der Waals surface area contributed by atoms with Crippen LogP contribution in [0.2, 0.25) is 0 Å². The van der Waals surface area contributed by atoms with E-state index < -0.39 is 0 Å². The molecule has 0 spiro atoms. The van der Waals surface area contributed by atoms with Crippen LogP contribution in [-0.4, -0.2) is 15.1 Å². The zero-order valence-corrected chi connectivity index (χ0v) is 12.7. The lowest BCUT2D eigenvalue weighted by atomic mass is 10.00. The van der Waals surface area contributed by atoms with E-state index in [1.807, 2.05) is 11.6 Å². The van der Waals surface area contributed by atoms with Crippen molar-refractivity contribution in [2.24, 2.45) is 0 Å². The fourth-order valence-electron chi connectivity index (χ4n) is 1.95. The zero-order chi connectivity index (χ0) is 14.7. The minimum atomic E-state index is -0.201. The standard InChI is InChI=1S/C14H16N4O2S/c1-3-14(2,13-15-6-8-21-13)16-9-11-17-12(18-20-11)10-5-4-7-19-10/h4-8,16H,3,9H2,1-2H3/t14-/m0/s1. The van der Waals surface area contributed by atoms with Gasteiger partial charge in [-0.1, -0.05) is 12.1 Å². The van der Waals surface area contributed by atoms with Gasteiger partial charge in [0, 0.05) is 11.6 Å². The Hall–Kier alpha value is -1.99. The van der Waals surface area contributed by atoms with Crippen LogP contribution in [0.3, 0.4) is 0 Å². The molecule has 0 saturated carbocycles. The lowest BCUT2D eigenvalue weighted by Gasteiger charge is -2.26. The molecular weight excluding hydrogens is 288 g/mol. The summed E-state index contributed by atoms with van der Waals surface area (Å²) >= 11 is 1.64. The molecule has 0 aliphatic carbocycles. The second kappa shape index (κ2) is 5.79. The molecule has 3 rings (SSSR count). The topological polar surface area (TPSA) is 77.0 Å². The van der Waals surface area contributed by atoms with Crippen molar-refractivity contribution >= 4 is 11.3 Å². The summed E-state index contributed by atoms with van der Waals surface area (Å²) in [5, 5.41) is 10.4. The van der Waals surface area contributed by atoms with Crippen molar-refractivity contribution in [1.82, 2.24) is 20.4 Å². The maximum absolute atomic E-state index is 5.25. The van der Waals surface area contributed by atoms with E-state index in [-0.39, 0.29) is 5.54 Å². The summed E-state index contributed by atoms with van der Waals surface area (Å²) in [5.74, 6) is 1.59. The van der Waals surface area contributed by atoms with Crippen LogP contribution in [0.5, 0.6) is 0 Å². The van der Waals surface area contributed by atoms with Crippen LogP contribution in [-0.2, 0) is 12.1 Å². The molecule has 0 bridgehead atoms. The highest BCUT2D eigenvalue weighted by Gasteiger charge is 2.27. The number of aromatic nitrogens is 3. The summed E-state index contributed by atoms with van der Waals surface area (Å²) in [4.78, 5) is 8.71. The fourth-order valence-corrected chi connectivity index (χ4v) is 2.80. The summed E-state index contributed by atoms with van der Waals surface area (Å²) in [7, 11) is 0. The molecule has 0 aliphatic rings. The van der Waals surface area contributed by atoms with Crippen molar-refractivity contribution in [2.45, 2.75) is 32.4 Å². The van der Waals surface area contributed by atoms with Gasteiger partial charge in [0.1, 0.15) is 5.01 Å². The van der Waals surface area contributed by atoms with Crippen molar-refractivity contribution in [2.75, 3.05) is 0 Å². The third-order valence-corrected chi connectivity index (χ3v) is 4.49. The van der Waals surface area contributed by atoms with Gasteiger partial charge in [-0.2, -0.15) is 4.98 Å². The van der Waals surface area contributed by atoms with Crippen LogP contribution in [0.4, 0.5) is 0 Å². The highest BCUT2D eigenvalue weighted by molar-refractivity contribution is 7.09. The Balaban J connectivity index is 1.70. The maximum Gasteiger partial charge on any atom is 0.241 e. The van der Waals surface area contributed by atoms with E-state index in [0.29, 0.717) is 24.0 Å². The molecule has 0 aromatic carbocycles. The molecule has 3 heterocycles. The van der Waals surface area contributed by atoms with Crippen molar-refractivity contribution < 1.29 is 8.94 Å². The Morgan fingerprint density at radius 3 is 3.00 bits per heavy atom. The van der Waals surface area contributed by atoms with E-state index >= 15 is 0 Å². The maximum atomic E-state index is 5.25. The number of furan rings is 1. The smallest absolute Gasteiger partial charge is 0.241 e. The fraction of sp³-hybridized carbons (Fsp3) is 0.357. The number of rotatable bonds is 6. The minimum absolute atomic E-state index is 0.201. The van der Waals surface area contributed by atoms with Crippen LogP contribution < -0.4 is 5.32 Å². The highest BCUT2D eigenvalue weighted by atomic mass is 32.1. The number of thiazole rings is 1. The first-order valence-corrected chi connectivity index (χ1v) is 7.61. The SMILES string of the molecule is CC[C@](C)(NCc1nc(-c2ccco2)no1)c1nccs1. The first-order chi connectivity index (χ1) is 10.2. The molecule has 1 N–H and O–H groups in total. The molecule has 6 nitrogen and oxygen atoms in total. The molecule has 21 heavy (non-hydrogen) atoms. The van der Waals surface area contributed by atoms with Gasteiger partial charge in [-0.15, -0.1) is 11.3 Å². The Morgan fingerprint density at radius 1 is 1.43 bits per heavy atom. The summed E-state index contributed by atoms with van der Waals surface area (Å²) in [6.07, 6.45) is 4.32. The summed E-state index contributed by atoms with van der Waals surface area (Å²) in [6.45, 7) is 4.73. The molecule has 0 aliphatic heterocycles. The molecule has 0 fully saturated rings. The van der Waals surface area contributed by atoms with Gasteiger partial charge in [0.15, 0.2) is 5.76 Å². The zero-order valence-electron chi connectivity index (χ0n) is 11.9. The number of hydrogen-bond acceptors (Lipinski definition) is 7. The first kappa shape index (κ1) is 14.0. The van der Waals surface area contributed by atoms with E-state index in [9.17, 15) is 0 Å². The van der Waals surface area contributed by atoms with Gasteiger partial charge in [0.2, 0.25) is 11.7 Å². The third-order valence-electron chi connectivity index (χ3n) is 3.45. The molecular formula is C14H16N4O2S. The number of nitrogens with zero attached hydrogens (tertiary/aromatic N) is 3. The Labute approximate surface area is 126 Å². The Bertz CT molecular complexity index is 678. The molecule has 0 unspecified atom stereocenters. The van der Waals surface area contributed by atoms with E-state index in [2.05, 4.69) is 34.3 Å². The van der Waals surface area contributed by atoms with E-state index in [1.54, 1.807) is 29.7 Å². The highest BCUT2D eigenvalue weighted by Crippen LogP contribution is 2.26. The van der Waals surface area contributed by atoms with Crippen molar-refractivity contribution in [3.8, 4) is 11.6 Å². The summed E-state index contributed by atoms with van der Waals surface area (Å²) < 4.78 is 10.5. The number of hydrogen-bond donors (Lipinski definition) is 1. The molecule has 1 atom stereocenters. The van der Waals surface area contributed by atoms with Crippen LogP contribution in [0, 0.1) is 0 Å². The molecule has 110 valence electrons. The van der Waals surface area contributed by atoms with Crippen LogP contribution >= 0.6 is 11.3 Å². The van der Waals surface area contributed by atoms with Crippen molar-refractivity contribution in [3.05, 3.63) is 40.9 Å². The minimum Gasteiger partial charge on any atom is -0.461 e. The van der Waals surface area contributed by atoms with Crippen LogP contribution in [0.15, 0.2) is 38.9 Å². The average molecular weight is 304 g/mol.